The number of nitrogens with one attached hydrogen (secondary N) is 1. The van der Waals surface area contributed by atoms with E-state index < -0.39 is 0 Å². The molecule has 1 saturated heterocycles. The quantitative estimate of drug-likeness (QED) is 0.873. The number of likely N-dealkylation sites (tertiary alicyclic amines) is 1. The SMILES string of the molecule is COCc1cccc(CNC(=O)CN2CCCC(C)C2)c1. The molecule has 21 heavy (non-hydrogen) atoms. The molecule has 1 fully saturated rings. The molecule has 0 aromatic heterocycles. The minimum Gasteiger partial charge on any atom is -0.380 e. The predicted octanol–water partition coefficient (Wildman–Crippen LogP) is 2.18. The van der Waals surface area contributed by atoms with Crippen LogP contribution in [0.15, 0.2) is 24.3 Å². The lowest BCUT2D eigenvalue weighted by atomic mass is 10.0. The van der Waals surface area contributed by atoms with E-state index in [2.05, 4.69) is 23.2 Å². The Morgan fingerprint density at radius 1 is 1.43 bits per heavy atom. The fraction of sp³-hybridized carbons (Fsp3) is 0.588. The zero-order chi connectivity index (χ0) is 15.1. The van der Waals surface area contributed by atoms with E-state index >= 15 is 0 Å². The second kappa shape index (κ2) is 8.15. The van der Waals surface area contributed by atoms with Crippen LogP contribution in [0, 0.1) is 5.92 Å². The molecule has 0 bridgehead atoms. The van der Waals surface area contributed by atoms with Crippen molar-refractivity contribution in [1.29, 1.82) is 0 Å². The van der Waals surface area contributed by atoms with Crippen LogP contribution in [0.4, 0.5) is 0 Å². The Hall–Kier alpha value is -1.39. The largest absolute Gasteiger partial charge is 0.380 e. The molecule has 1 N–H and O–H groups in total. The van der Waals surface area contributed by atoms with Crippen LogP contribution in [0.25, 0.3) is 0 Å². The lowest BCUT2D eigenvalue weighted by Crippen LogP contribution is -2.41. The first kappa shape index (κ1) is 16.0. The first-order valence-corrected chi connectivity index (χ1v) is 7.73. The van der Waals surface area contributed by atoms with Gasteiger partial charge >= 0.3 is 0 Å². The second-order valence-corrected chi connectivity index (χ2v) is 6.01. The summed E-state index contributed by atoms with van der Waals surface area (Å²) in [5, 5.41) is 3.01. The molecule has 0 saturated carbocycles. The van der Waals surface area contributed by atoms with Gasteiger partial charge in [-0.2, -0.15) is 0 Å². The monoisotopic (exact) mass is 290 g/mol. The molecule has 1 amide bonds. The predicted molar refractivity (Wildman–Crippen MR) is 83.8 cm³/mol. The lowest BCUT2D eigenvalue weighted by Gasteiger charge is -2.30. The van der Waals surface area contributed by atoms with Crippen LogP contribution in [0.1, 0.15) is 30.9 Å². The van der Waals surface area contributed by atoms with Gasteiger partial charge in [0.05, 0.1) is 13.2 Å². The van der Waals surface area contributed by atoms with E-state index in [9.17, 15) is 4.79 Å². The fourth-order valence-electron chi connectivity index (χ4n) is 2.89. The molecule has 4 heteroatoms. The Morgan fingerprint density at radius 2 is 2.24 bits per heavy atom. The van der Waals surface area contributed by atoms with Crippen LogP contribution >= 0.6 is 0 Å². The summed E-state index contributed by atoms with van der Waals surface area (Å²) in [6.45, 7) is 6.04. The number of piperidine rings is 1. The summed E-state index contributed by atoms with van der Waals surface area (Å²) in [6, 6.07) is 8.14. The van der Waals surface area contributed by atoms with E-state index in [0.29, 0.717) is 25.6 Å². The van der Waals surface area contributed by atoms with Gasteiger partial charge in [0.2, 0.25) is 5.91 Å². The maximum atomic E-state index is 12.0. The average Bonchev–Trinajstić information content (AvgIpc) is 2.46. The molecule has 1 unspecified atom stereocenters. The normalized spacial score (nSPS) is 19.4. The van der Waals surface area contributed by atoms with Gasteiger partial charge in [-0.25, -0.2) is 0 Å². The number of rotatable bonds is 6. The molecule has 0 aliphatic carbocycles. The van der Waals surface area contributed by atoms with E-state index in [0.717, 1.165) is 24.2 Å². The smallest absolute Gasteiger partial charge is 0.234 e. The maximum absolute atomic E-state index is 12.0. The first-order chi connectivity index (χ1) is 10.2. The Balaban J connectivity index is 1.76. The Kier molecular flexibility index (Phi) is 6.21. The van der Waals surface area contributed by atoms with E-state index in [4.69, 9.17) is 4.74 Å². The molecule has 4 nitrogen and oxygen atoms in total. The molecular formula is C17H26N2O2. The molecule has 1 aliphatic rings. The van der Waals surface area contributed by atoms with E-state index in [1.807, 2.05) is 18.2 Å². The third-order valence-electron chi connectivity index (χ3n) is 3.90. The van der Waals surface area contributed by atoms with Crippen molar-refractivity contribution in [3.63, 3.8) is 0 Å². The Labute approximate surface area is 127 Å². The van der Waals surface area contributed by atoms with Gasteiger partial charge in [0.15, 0.2) is 0 Å². The lowest BCUT2D eigenvalue weighted by molar-refractivity contribution is -0.122. The summed E-state index contributed by atoms with van der Waals surface area (Å²) >= 11 is 0. The van der Waals surface area contributed by atoms with E-state index in [-0.39, 0.29) is 5.91 Å². The van der Waals surface area contributed by atoms with Gasteiger partial charge in [0.25, 0.3) is 0 Å². The topological polar surface area (TPSA) is 41.6 Å². The highest BCUT2D eigenvalue weighted by atomic mass is 16.5. The van der Waals surface area contributed by atoms with Crippen LogP contribution in [-0.4, -0.2) is 37.6 Å². The van der Waals surface area contributed by atoms with Gasteiger partial charge in [-0.05, 0) is 36.4 Å². The summed E-state index contributed by atoms with van der Waals surface area (Å²) in [7, 11) is 1.69. The molecule has 1 heterocycles. The second-order valence-electron chi connectivity index (χ2n) is 6.01. The van der Waals surface area contributed by atoms with E-state index in [1.165, 1.54) is 12.8 Å². The van der Waals surface area contributed by atoms with Crippen molar-refractivity contribution >= 4 is 5.91 Å². The van der Waals surface area contributed by atoms with Gasteiger partial charge in [-0.3, -0.25) is 9.69 Å². The summed E-state index contributed by atoms with van der Waals surface area (Å²) in [4.78, 5) is 14.3. The summed E-state index contributed by atoms with van der Waals surface area (Å²) < 4.78 is 5.12. The molecule has 1 aliphatic heterocycles. The van der Waals surface area contributed by atoms with Crippen LogP contribution in [0.2, 0.25) is 0 Å². The van der Waals surface area contributed by atoms with Gasteiger partial charge in [-0.15, -0.1) is 0 Å². The third-order valence-corrected chi connectivity index (χ3v) is 3.90. The number of carbonyl (C=O) groups is 1. The van der Waals surface area contributed by atoms with Crippen molar-refractivity contribution in [2.24, 2.45) is 5.92 Å². The van der Waals surface area contributed by atoms with Crippen LogP contribution in [-0.2, 0) is 22.7 Å². The van der Waals surface area contributed by atoms with Crippen molar-refractivity contribution in [3.05, 3.63) is 35.4 Å². The van der Waals surface area contributed by atoms with Gasteiger partial charge in [-0.1, -0.05) is 31.2 Å². The molecule has 1 aromatic carbocycles. The minimum atomic E-state index is 0.112. The first-order valence-electron chi connectivity index (χ1n) is 7.73. The van der Waals surface area contributed by atoms with Crippen molar-refractivity contribution in [3.8, 4) is 0 Å². The van der Waals surface area contributed by atoms with Crippen molar-refractivity contribution < 1.29 is 9.53 Å². The molecule has 0 radical (unpaired) electrons. The van der Waals surface area contributed by atoms with Gasteiger partial charge in [0, 0.05) is 20.2 Å². The molecule has 1 atom stereocenters. The molecule has 0 spiro atoms. The number of hydrogen-bond donors (Lipinski definition) is 1. The number of benzene rings is 1. The third kappa shape index (κ3) is 5.48. The van der Waals surface area contributed by atoms with Crippen LogP contribution in [0.5, 0.6) is 0 Å². The zero-order valence-corrected chi connectivity index (χ0v) is 13.1. The molecule has 116 valence electrons. The summed E-state index contributed by atoms with van der Waals surface area (Å²) in [5.74, 6) is 0.818. The summed E-state index contributed by atoms with van der Waals surface area (Å²) in [6.07, 6.45) is 2.48. The van der Waals surface area contributed by atoms with Crippen LogP contribution < -0.4 is 5.32 Å². The number of carbonyl (C=O) groups excluding carboxylic acids is 1. The molecule has 1 aromatic rings. The minimum absolute atomic E-state index is 0.112. The Morgan fingerprint density at radius 3 is 3.00 bits per heavy atom. The molecular weight excluding hydrogens is 264 g/mol. The Bertz CT molecular complexity index is 462. The average molecular weight is 290 g/mol. The number of hydrogen-bond acceptors (Lipinski definition) is 3. The van der Waals surface area contributed by atoms with Crippen LogP contribution in [0.3, 0.4) is 0 Å². The van der Waals surface area contributed by atoms with Crippen molar-refractivity contribution in [1.82, 2.24) is 10.2 Å². The van der Waals surface area contributed by atoms with E-state index in [1.54, 1.807) is 7.11 Å². The van der Waals surface area contributed by atoms with Crippen molar-refractivity contribution in [2.45, 2.75) is 32.9 Å². The molecule has 2 rings (SSSR count). The highest BCUT2D eigenvalue weighted by molar-refractivity contribution is 5.78. The number of ether oxygens (including phenoxy) is 1. The standard InChI is InChI=1S/C17H26N2O2/c1-14-5-4-8-19(11-14)12-17(20)18-10-15-6-3-7-16(9-15)13-21-2/h3,6-7,9,14H,4-5,8,10-13H2,1-2H3,(H,18,20). The maximum Gasteiger partial charge on any atom is 0.234 e. The number of methoxy groups -OCH3 is 1. The fourth-order valence-corrected chi connectivity index (χ4v) is 2.89. The number of nitrogens with zero attached hydrogens (tertiary/aromatic N) is 1. The zero-order valence-electron chi connectivity index (χ0n) is 13.1. The number of amides is 1. The highest BCUT2D eigenvalue weighted by Crippen LogP contribution is 2.14. The summed E-state index contributed by atoms with van der Waals surface area (Å²) in [5.41, 5.74) is 2.25. The highest BCUT2D eigenvalue weighted by Gasteiger charge is 2.18. The van der Waals surface area contributed by atoms with Gasteiger partial charge < -0.3 is 10.1 Å². The van der Waals surface area contributed by atoms with Crippen molar-refractivity contribution in [2.75, 3.05) is 26.7 Å². The van der Waals surface area contributed by atoms with Gasteiger partial charge in [0.1, 0.15) is 0 Å².